The van der Waals surface area contributed by atoms with Crippen LogP contribution in [0.2, 0.25) is 0 Å². The number of hydrogen-bond donors (Lipinski definition) is 0. The predicted octanol–water partition coefficient (Wildman–Crippen LogP) is 5.88. The summed E-state index contributed by atoms with van der Waals surface area (Å²) >= 11 is 1.72. The third kappa shape index (κ3) is 3.73. The molecule has 112 valence electrons. The van der Waals surface area contributed by atoms with Crippen molar-refractivity contribution in [1.82, 2.24) is 0 Å². The number of aryl methyl sites for hydroxylation is 2. The Morgan fingerprint density at radius 1 is 0.905 bits per heavy atom. The summed E-state index contributed by atoms with van der Waals surface area (Å²) in [6.07, 6.45) is 5.35. The van der Waals surface area contributed by atoms with Crippen molar-refractivity contribution in [3.63, 3.8) is 0 Å². The van der Waals surface area contributed by atoms with Gasteiger partial charge in [-0.15, -0.1) is 0 Å². The van der Waals surface area contributed by atoms with Gasteiger partial charge >= 0.3 is 0 Å². The highest BCUT2D eigenvalue weighted by atomic mass is 32.2. The van der Waals surface area contributed by atoms with E-state index < -0.39 is 0 Å². The summed E-state index contributed by atoms with van der Waals surface area (Å²) in [5.41, 5.74) is 4.63. The Morgan fingerprint density at radius 3 is 1.62 bits per heavy atom. The Balaban J connectivity index is 2.34. The highest BCUT2D eigenvalue weighted by Crippen LogP contribution is 2.40. The van der Waals surface area contributed by atoms with E-state index in [-0.39, 0.29) is 0 Å². The van der Waals surface area contributed by atoms with Gasteiger partial charge in [0.25, 0.3) is 0 Å². The first-order valence-corrected chi connectivity index (χ1v) is 7.80. The fraction of sp³-hybridized carbons (Fsp3) is 0.333. The van der Waals surface area contributed by atoms with Gasteiger partial charge in [0, 0.05) is 11.1 Å². The second-order valence-corrected chi connectivity index (χ2v) is 6.68. The molecule has 0 N–H and O–H groups in total. The number of rotatable bonds is 6. The van der Waals surface area contributed by atoms with Crippen LogP contribution in [0.25, 0.3) is 0 Å². The fourth-order valence-corrected chi connectivity index (χ4v) is 3.35. The highest BCUT2D eigenvalue weighted by Gasteiger charge is 2.18. The van der Waals surface area contributed by atoms with E-state index in [9.17, 15) is 0 Å². The van der Waals surface area contributed by atoms with Gasteiger partial charge in [-0.3, -0.25) is 0 Å². The normalized spacial score (nSPS) is 10.9. The summed E-state index contributed by atoms with van der Waals surface area (Å²) in [4.78, 5) is 2.34. The molecule has 0 saturated carbocycles. The molecule has 0 aliphatic carbocycles. The molecule has 2 aromatic rings. The maximum Gasteiger partial charge on any atom is 0.114 e. The predicted molar refractivity (Wildman–Crippen MR) is 88.0 cm³/mol. The molecule has 0 aliphatic heterocycles. The van der Waals surface area contributed by atoms with E-state index in [0.29, 0.717) is 0 Å². The van der Waals surface area contributed by atoms with Crippen molar-refractivity contribution in [3.8, 4) is 0 Å². The molecule has 2 nitrogen and oxygen atoms in total. The molecule has 0 radical (unpaired) electrons. The largest absolute Gasteiger partial charge is 0.468 e. The van der Waals surface area contributed by atoms with Crippen LogP contribution in [-0.4, -0.2) is 0 Å². The maximum atomic E-state index is 5.60. The number of allylic oxidation sites excluding steroid dienone is 2. The average molecular weight is 302 g/mol. The van der Waals surface area contributed by atoms with E-state index in [1.54, 1.807) is 11.8 Å². The summed E-state index contributed by atoms with van der Waals surface area (Å²) in [6.45, 7) is 16.0. The van der Waals surface area contributed by atoms with Gasteiger partial charge in [-0.2, -0.15) is 0 Å². The Labute approximate surface area is 130 Å². The second kappa shape index (κ2) is 6.44. The quantitative estimate of drug-likeness (QED) is 0.623. The molecular weight excluding hydrogens is 280 g/mol. The highest BCUT2D eigenvalue weighted by molar-refractivity contribution is 7.99. The third-order valence-electron chi connectivity index (χ3n) is 3.17. The van der Waals surface area contributed by atoms with Gasteiger partial charge in [0.05, 0.1) is 22.3 Å². The molecule has 0 spiro atoms. The smallest absolute Gasteiger partial charge is 0.114 e. The van der Waals surface area contributed by atoms with Crippen LogP contribution in [0.3, 0.4) is 0 Å². The molecule has 0 unspecified atom stereocenters. The van der Waals surface area contributed by atoms with Crippen LogP contribution in [0, 0.1) is 13.8 Å². The average Bonchev–Trinajstić information content (AvgIpc) is 2.87. The molecule has 0 saturated heterocycles. The molecule has 0 atom stereocenters. The molecule has 0 aliphatic rings. The lowest BCUT2D eigenvalue weighted by Crippen LogP contribution is -1.89. The first-order valence-electron chi connectivity index (χ1n) is 6.99. The zero-order valence-electron chi connectivity index (χ0n) is 13.2. The Morgan fingerprint density at radius 2 is 1.29 bits per heavy atom. The first kappa shape index (κ1) is 15.8. The minimum absolute atomic E-state index is 0.840. The van der Waals surface area contributed by atoms with Gasteiger partial charge in [-0.05, 0) is 40.5 Å². The standard InChI is InChI=1S/C18H22O2S/c1-11(2)7-15-9-19-13(5)17(15)21-18-14(6)20-10-16(18)8-12(3)4/h9-10H,1,3,7-8H2,2,4-6H3. The molecule has 3 heteroatoms. The van der Waals surface area contributed by atoms with Crippen LogP contribution >= 0.6 is 11.8 Å². The van der Waals surface area contributed by atoms with Gasteiger partial charge in [0.15, 0.2) is 0 Å². The van der Waals surface area contributed by atoms with Crippen molar-refractivity contribution < 1.29 is 8.83 Å². The van der Waals surface area contributed by atoms with Crippen LogP contribution in [0.4, 0.5) is 0 Å². The van der Waals surface area contributed by atoms with Crippen molar-refractivity contribution in [1.29, 1.82) is 0 Å². The van der Waals surface area contributed by atoms with Crippen LogP contribution < -0.4 is 0 Å². The van der Waals surface area contributed by atoms with Gasteiger partial charge in [-0.1, -0.05) is 36.1 Å². The Kier molecular flexibility index (Phi) is 4.84. The van der Waals surface area contributed by atoms with E-state index >= 15 is 0 Å². The summed E-state index contributed by atoms with van der Waals surface area (Å²) in [6, 6.07) is 0. The maximum absolute atomic E-state index is 5.60. The number of hydrogen-bond acceptors (Lipinski definition) is 3. The molecular formula is C18H22O2S. The van der Waals surface area contributed by atoms with Crippen molar-refractivity contribution in [2.75, 3.05) is 0 Å². The summed E-state index contributed by atoms with van der Waals surface area (Å²) in [5, 5.41) is 0. The third-order valence-corrected chi connectivity index (χ3v) is 4.67. The summed E-state index contributed by atoms with van der Waals surface area (Å²) < 4.78 is 11.2. The van der Waals surface area contributed by atoms with E-state index in [0.717, 1.165) is 35.5 Å². The molecule has 0 aromatic carbocycles. The van der Waals surface area contributed by atoms with Crippen molar-refractivity contribution in [3.05, 3.63) is 59.5 Å². The van der Waals surface area contributed by atoms with E-state index in [1.165, 1.54) is 20.9 Å². The Hall–Kier alpha value is -1.61. The molecule has 21 heavy (non-hydrogen) atoms. The van der Waals surface area contributed by atoms with Gasteiger partial charge in [0.1, 0.15) is 11.5 Å². The first-order chi connectivity index (χ1) is 9.88. The molecule has 2 heterocycles. The Bertz CT molecular complexity index is 615. The SMILES string of the molecule is C=C(C)Cc1coc(C)c1Sc1c(CC(=C)C)coc1C. The van der Waals surface area contributed by atoms with Crippen molar-refractivity contribution in [2.24, 2.45) is 0 Å². The van der Waals surface area contributed by atoms with Gasteiger partial charge < -0.3 is 8.83 Å². The van der Waals surface area contributed by atoms with Gasteiger partial charge in [-0.25, -0.2) is 0 Å². The van der Waals surface area contributed by atoms with E-state index in [4.69, 9.17) is 8.83 Å². The topological polar surface area (TPSA) is 26.3 Å². The minimum Gasteiger partial charge on any atom is -0.468 e. The molecule has 0 amide bonds. The monoisotopic (exact) mass is 302 g/mol. The fourth-order valence-electron chi connectivity index (χ4n) is 2.26. The van der Waals surface area contributed by atoms with Crippen LogP contribution in [-0.2, 0) is 12.8 Å². The molecule has 0 bridgehead atoms. The van der Waals surface area contributed by atoms with E-state index in [1.807, 2.05) is 40.2 Å². The van der Waals surface area contributed by atoms with Gasteiger partial charge in [0.2, 0.25) is 0 Å². The lowest BCUT2D eigenvalue weighted by atomic mass is 10.1. The minimum atomic E-state index is 0.840. The lowest BCUT2D eigenvalue weighted by molar-refractivity contribution is 0.524. The van der Waals surface area contributed by atoms with Crippen LogP contribution in [0.15, 0.2) is 55.5 Å². The molecule has 0 fully saturated rings. The van der Waals surface area contributed by atoms with Crippen LogP contribution in [0.1, 0.15) is 36.5 Å². The lowest BCUT2D eigenvalue weighted by Gasteiger charge is -2.06. The van der Waals surface area contributed by atoms with Crippen LogP contribution in [0.5, 0.6) is 0 Å². The number of furan rings is 2. The summed E-state index contributed by atoms with van der Waals surface area (Å²) in [5.74, 6) is 1.89. The zero-order valence-corrected chi connectivity index (χ0v) is 14.0. The van der Waals surface area contributed by atoms with E-state index in [2.05, 4.69) is 13.2 Å². The molecule has 2 rings (SSSR count). The second-order valence-electron chi connectivity index (χ2n) is 5.66. The van der Waals surface area contributed by atoms with Crippen molar-refractivity contribution in [2.45, 2.75) is 50.3 Å². The molecule has 2 aromatic heterocycles. The zero-order chi connectivity index (χ0) is 15.6. The summed E-state index contributed by atoms with van der Waals surface area (Å²) in [7, 11) is 0. The van der Waals surface area contributed by atoms with Crippen molar-refractivity contribution >= 4 is 11.8 Å².